The third-order valence-corrected chi connectivity index (χ3v) is 5.81. The quantitative estimate of drug-likeness (QED) is 0.414. The van der Waals surface area contributed by atoms with Crippen molar-refractivity contribution in [2.45, 2.75) is 13.0 Å². The molecular formula is C27H21NO5. The van der Waals surface area contributed by atoms with Crippen molar-refractivity contribution in [1.29, 1.82) is 0 Å². The molecule has 33 heavy (non-hydrogen) atoms. The summed E-state index contributed by atoms with van der Waals surface area (Å²) in [6.07, 6.45) is 0. The molecule has 6 nitrogen and oxygen atoms in total. The van der Waals surface area contributed by atoms with Crippen molar-refractivity contribution in [1.82, 2.24) is 0 Å². The number of nitrogens with zero attached hydrogens (tertiary/aromatic N) is 1. The van der Waals surface area contributed by atoms with E-state index in [1.807, 2.05) is 49.4 Å². The van der Waals surface area contributed by atoms with Crippen LogP contribution in [-0.2, 0) is 4.79 Å². The molecule has 5 rings (SSSR count). The molecule has 1 N–H and O–H groups in total. The zero-order valence-corrected chi connectivity index (χ0v) is 18.1. The van der Waals surface area contributed by atoms with Gasteiger partial charge in [0, 0.05) is 11.1 Å². The number of ether oxygens (including phenoxy) is 1. The summed E-state index contributed by atoms with van der Waals surface area (Å²) in [7, 11) is 1.56. The lowest BCUT2D eigenvalue weighted by atomic mass is 9.94. The summed E-state index contributed by atoms with van der Waals surface area (Å²) in [6.45, 7) is 1.93. The summed E-state index contributed by atoms with van der Waals surface area (Å²) in [6, 6.07) is 22.5. The smallest absolute Gasteiger partial charge is 0.294 e. The number of para-hydroxylation sites is 1. The first-order valence-corrected chi connectivity index (χ1v) is 10.5. The Bertz CT molecular complexity index is 1380. The average molecular weight is 439 g/mol. The number of aliphatic hydroxyl groups is 1. The molecule has 1 aliphatic heterocycles. The first kappa shape index (κ1) is 20.6. The third-order valence-electron chi connectivity index (χ3n) is 5.81. The van der Waals surface area contributed by atoms with Crippen LogP contribution in [0.25, 0.3) is 11.0 Å². The van der Waals surface area contributed by atoms with Crippen LogP contribution in [0.15, 0.2) is 94.6 Å². The minimum atomic E-state index is -0.813. The predicted molar refractivity (Wildman–Crippen MR) is 125 cm³/mol. The molecule has 0 aliphatic carbocycles. The fraction of sp³-hybridized carbons (Fsp3) is 0.111. The van der Waals surface area contributed by atoms with E-state index in [1.165, 1.54) is 4.90 Å². The molecule has 0 fully saturated rings. The number of carbonyl (C=O) groups excluding carboxylic acids is 2. The molecular weight excluding hydrogens is 418 g/mol. The Morgan fingerprint density at radius 1 is 1.00 bits per heavy atom. The number of hydrogen-bond acceptors (Lipinski definition) is 5. The number of anilines is 1. The number of benzene rings is 3. The maximum absolute atomic E-state index is 13.6. The second-order valence-corrected chi connectivity index (χ2v) is 7.93. The highest BCUT2D eigenvalue weighted by Gasteiger charge is 2.45. The third kappa shape index (κ3) is 3.46. The van der Waals surface area contributed by atoms with Gasteiger partial charge in [0.25, 0.3) is 5.91 Å². The van der Waals surface area contributed by atoms with Gasteiger partial charge in [-0.1, -0.05) is 48.0 Å². The van der Waals surface area contributed by atoms with E-state index >= 15 is 0 Å². The van der Waals surface area contributed by atoms with Crippen molar-refractivity contribution in [2.24, 2.45) is 0 Å². The van der Waals surface area contributed by atoms with Crippen LogP contribution < -0.4 is 9.64 Å². The number of furan rings is 1. The van der Waals surface area contributed by atoms with E-state index in [2.05, 4.69) is 0 Å². The van der Waals surface area contributed by atoms with Crippen LogP contribution in [0.1, 0.15) is 27.7 Å². The molecule has 3 aromatic carbocycles. The molecule has 1 amide bonds. The summed E-state index contributed by atoms with van der Waals surface area (Å²) in [5.74, 6) is -1.05. The predicted octanol–water partition coefficient (Wildman–Crippen LogP) is 5.53. The first-order chi connectivity index (χ1) is 16.0. The number of fused-ring (bicyclic) bond motifs is 1. The van der Waals surface area contributed by atoms with Crippen molar-refractivity contribution in [3.8, 4) is 5.75 Å². The Morgan fingerprint density at radius 3 is 2.45 bits per heavy atom. The summed E-state index contributed by atoms with van der Waals surface area (Å²) in [5.41, 5.74) is 2.76. The molecule has 1 aliphatic rings. The number of hydrogen-bond donors (Lipinski definition) is 1. The highest BCUT2D eigenvalue weighted by molar-refractivity contribution is 6.20. The van der Waals surface area contributed by atoms with Gasteiger partial charge < -0.3 is 14.3 Å². The number of ketones is 1. The van der Waals surface area contributed by atoms with Crippen LogP contribution in [0, 0.1) is 6.92 Å². The molecule has 0 saturated heterocycles. The zero-order chi connectivity index (χ0) is 23.1. The van der Waals surface area contributed by atoms with Gasteiger partial charge in [0.15, 0.2) is 11.5 Å². The van der Waals surface area contributed by atoms with Crippen LogP contribution >= 0.6 is 0 Å². The van der Waals surface area contributed by atoms with Gasteiger partial charge >= 0.3 is 0 Å². The molecule has 1 atom stereocenters. The lowest BCUT2D eigenvalue weighted by Gasteiger charge is -2.27. The molecule has 164 valence electrons. The Balaban J connectivity index is 1.65. The van der Waals surface area contributed by atoms with E-state index in [1.54, 1.807) is 43.5 Å². The topological polar surface area (TPSA) is 80.0 Å². The van der Waals surface area contributed by atoms with Crippen molar-refractivity contribution >= 4 is 28.3 Å². The van der Waals surface area contributed by atoms with Gasteiger partial charge in [-0.3, -0.25) is 14.5 Å². The number of rotatable bonds is 5. The van der Waals surface area contributed by atoms with Crippen molar-refractivity contribution in [3.63, 3.8) is 0 Å². The standard InChI is InChI=1S/C27H21NO5/c1-16-6-5-8-18(14-16)24-23(25(29)22-15-17-7-3-4-9-21(17)33-22)26(30)27(31)28(24)19-10-12-20(32-2)13-11-19/h3-15,24,30H,1-2H3. The summed E-state index contributed by atoms with van der Waals surface area (Å²) in [5, 5.41) is 11.7. The molecule has 0 radical (unpaired) electrons. The van der Waals surface area contributed by atoms with Crippen LogP contribution in [0.4, 0.5) is 5.69 Å². The Hall–Kier alpha value is -4.32. The maximum Gasteiger partial charge on any atom is 0.294 e. The minimum Gasteiger partial charge on any atom is -0.503 e. The second-order valence-electron chi connectivity index (χ2n) is 7.93. The summed E-state index contributed by atoms with van der Waals surface area (Å²) < 4.78 is 11.0. The SMILES string of the molecule is COc1ccc(N2C(=O)C(O)=C(C(=O)c3cc4ccccc4o3)C2c2cccc(C)c2)cc1. The van der Waals surface area contributed by atoms with Crippen molar-refractivity contribution < 1.29 is 23.8 Å². The highest BCUT2D eigenvalue weighted by atomic mass is 16.5. The zero-order valence-electron chi connectivity index (χ0n) is 18.1. The van der Waals surface area contributed by atoms with Crippen LogP contribution in [-0.4, -0.2) is 23.9 Å². The Kier molecular flexibility index (Phi) is 4.98. The van der Waals surface area contributed by atoms with Crippen molar-refractivity contribution in [3.05, 3.63) is 107 Å². The van der Waals surface area contributed by atoms with E-state index < -0.39 is 23.5 Å². The van der Waals surface area contributed by atoms with E-state index in [-0.39, 0.29) is 11.3 Å². The molecule has 0 spiro atoms. The van der Waals surface area contributed by atoms with Crippen LogP contribution in [0.3, 0.4) is 0 Å². The summed E-state index contributed by atoms with van der Waals surface area (Å²) >= 11 is 0. The number of methoxy groups -OCH3 is 1. The van der Waals surface area contributed by atoms with Crippen LogP contribution in [0.5, 0.6) is 5.75 Å². The Morgan fingerprint density at radius 2 is 1.76 bits per heavy atom. The van der Waals surface area contributed by atoms with Gasteiger partial charge in [-0.25, -0.2) is 0 Å². The van der Waals surface area contributed by atoms with Crippen molar-refractivity contribution in [2.75, 3.05) is 12.0 Å². The van der Waals surface area contributed by atoms with E-state index in [9.17, 15) is 14.7 Å². The Labute approximate surface area is 190 Å². The number of carbonyl (C=O) groups is 2. The van der Waals surface area contributed by atoms with Gasteiger partial charge in [-0.15, -0.1) is 0 Å². The fourth-order valence-corrected chi connectivity index (χ4v) is 4.23. The van der Waals surface area contributed by atoms with Crippen LogP contribution in [0.2, 0.25) is 0 Å². The molecule has 1 aromatic heterocycles. The van der Waals surface area contributed by atoms with Gasteiger partial charge in [0.1, 0.15) is 11.3 Å². The molecule has 6 heteroatoms. The number of aryl methyl sites for hydroxylation is 1. The number of Topliss-reactive ketones (excluding diaryl/α,β-unsaturated/α-hetero) is 1. The maximum atomic E-state index is 13.6. The first-order valence-electron chi connectivity index (χ1n) is 10.5. The van der Waals surface area contributed by atoms with E-state index in [4.69, 9.17) is 9.15 Å². The number of amides is 1. The lowest BCUT2D eigenvalue weighted by molar-refractivity contribution is -0.117. The monoisotopic (exact) mass is 439 g/mol. The minimum absolute atomic E-state index is 0.0134. The van der Waals surface area contributed by atoms with Gasteiger partial charge in [0.2, 0.25) is 5.78 Å². The number of aliphatic hydroxyl groups excluding tert-OH is 1. The average Bonchev–Trinajstić information content (AvgIpc) is 3.38. The molecule has 2 heterocycles. The van der Waals surface area contributed by atoms with Gasteiger partial charge in [0.05, 0.1) is 18.7 Å². The summed E-state index contributed by atoms with van der Waals surface area (Å²) in [4.78, 5) is 28.3. The van der Waals surface area contributed by atoms with Gasteiger partial charge in [-0.05, 0) is 48.9 Å². The molecule has 0 saturated carbocycles. The normalized spacial score (nSPS) is 16.0. The molecule has 0 bridgehead atoms. The van der Waals surface area contributed by atoms with Gasteiger partial charge in [-0.2, -0.15) is 0 Å². The lowest BCUT2D eigenvalue weighted by Crippen LogP contribution is -2.31. The largest absolute Gasteiger partial charge is 0.503 e. The van der Waals surface area contributed by atoms with E-state index in [0.29, 0.717) is 22.6 Å². The molecule has 4 aromatic rings. The second kappa shape index (κ2) is 7.98. The highest BCUT2D eigenvalue weighted by Crippen LogP contribution is 2.42. The molecule has 1 unspecified atom stereocenters. The van der Waals surface area contributed by atoms with E-state index in [0.717, 1.165) is 10.9 Å². The fourth-order valence-electron chi connectivity index (χ4n) is 4.23.